The average Bonchev–Trinajstić information content (AvgIpc) is 3.29. The summed E-state index contributed by atoms with van der Waals surface area (Å²) in [6, 6.07) is 6.42. The van der Waals surface area contributed by atoms with Crippen LogP contribution in [0.2, 0.25) is 0 Å². The summed E-state index contributed by atoms with van der Waals surface area (Å²) in [4.78, 5) is 4.43. The van der Waals surface area contributed by atoms with Gasteiger partial charge in [-0.15, -0.1) is 24.0 Å². The Balaban J connectivity index is 0.00000161. The van der Waals surface area contributed by atoms with Crippen molar-refractivity contribution in [2.75, 3.05) is 19.7 Å². The minimum atomic E-state index is 0. The van der Waals surface area contributed by atoms with E-state index >= 15 is 0 Å². The number of nitrogens with one attached hydrogen (secondary N) is 2. The lowest BCUT2D eigenvalue weighted by Gasteiger charge is -2.17. The van der Waals surface area contributed by atoms with Gasteiger partial charge in [0.05, 0.1) is 6.61 Å². The lowest BCUT2D eigenvalue weighted by molar-refractivity contribution is 0.296. The molecule has 1 aromatic carbocycles. The van der Waals surface area contributed by atoms with Gasteiger partial charge in [-0.25, -0.2) is 0 Å². The average molecular weight is 401 g/mol. The van der Waals surface area contributed by atoms with Crippen LogP contribution in [-0.4, -0.2) is 25.7 Å². The van der Waals surface area contributed by atoms with Crippen molar-refractivity contribution in [3.63, 3.8) is 0 Å². The number of benzene rings is 1. The molecule has 1 saturated carbocycles. The van der Waals surface area contributed by atoms with Crippen molar-refractivity contribution >= 4 is 29.9 Å². The van der Waals surface area contributed by atoms with Crippen LogP contribution < -0.4 is 15.4 Å². The van der Waals surface area contributed by atoms with Crippen LogP contribution in [0.5, 0.6) is 5.75 Å². The van der Waals surface area contributed by atoms with Gasteiger partial charge in [0.1, 0.15) is 5.75 Å². The molecule has 21 heavy (non-hydrogen) atoms. The second-order valence-corrected chi connectivity index (χ2v) is 5.73. The van der Waals surface area contributed by atoms with Crippen LogP contribution in [0.1, 0.15) is 30.4 Å². The third-order valence-electron chi connectivity index (χ3n) is 3.74. The number of ether oxygens (including phenoxy) is 1. The molecule has 1 aromatic rings. The van der Waals surface area contributed by atoms with Gasteiger partial charge >= 0.3 is 0 Å². The number of nitrogens with zero attached hydrogens (tertiary/aromatic N) is 1. The van der Waals surface area contributed by atoms with Crippen LogP contribution in [0.4, 0.5) is 0 Å². The minimum Gasteiger partial charge on any atom is -0.493 e. The van der Waals surface area contributed by atoms with E-state index in [0.29, 0.717) is 0 Å². The van der Waals surface area contributed by atoms with E-state index in [4.69, 9.17) is 4.74 Å². The Bertz CT molecular complexity index is 500. The summed E-state index contributed by atoms with van der Waals surface area (Å²) in [5, 5.41) is 6.64. The maximum Gasteiger partial charge on any atom is 0.191 e. The third-order valence-corrected chi connectivity index (χ3v) is 3.74. The highest BCUT2D eigenvalue weighted by Crippen LogP contribution is 2.30. The number of rotatable bonds is 5. The number of hydrogen-bond donors (Lipinski definition) is 2. The van der Waals surface area contributed by atoms with E-state index in [2.05, 4.69) is 40.7 Å². The first-order chi connectivity index (χ1) is 9.81. The Kier molecular flexibility index (Phi) is 6.14. The van der Waals surface area contributed by atoms with E-state index in [0.717, 1.165) is 50.3 Å². The van der Waals surface area contributed by atoms with Gasteiger partial charge < -0.3 is 15.4 Å². The molecule has 2 aliphatic rings. The third kappa shape index (κ3) is 5.05. The first kappa shape index (κ1) is 16.4. The SMILES string of the molecule is Cc1ccc(CNC2=NCCCN2)c(OCC2CC2)c1.I. The van der Waals surface area contributed by atoms with Gasteiger partial charge in [0.2, 0.25) is 0 Å². The molecule has 0 bridgehead atoms. The zero-order chi connectivity index (χ0) is 13.8. The summed E-state index contributed by atoms with van der Waals surface area (Å²) in [5.74, 6) is 2.70. The molecule has 2 N–H and O–H groups in total. The van der Waals surface area contributed by atoms with Crippen molar-refractivity contribution in [2.45, 2.75) is 32.7 Å². The van der Waals surface area contributed by atoms with Crippen LogP contribution in [0.3, 0.4) is 0 Å². The van der Waals surface area contributed by atoms with E-state index in [1.54, 1.807) is 0 Å². The van der Waals surface area contributed by atoms with Crippen LogP contribution in [0, 0.1) is 12.8 Å². The molecule has 1 aliphatic carbocycles. The molecule has 3 rings (SSSR count). The van der Waals surface area contributed by atoms with E-state index < -0.39 is 0 Å². The topological polar surface area (TPSA) is 45.7 Å². The molecule has 1 aliphatic heterocycles. The van der Waals surface area contributed by atoms with Crippen molar-refractivity contribution in [1.82, 2.24) is 10.6 Å². The van der Waals surface area contributed by atoms with Gasteiger partial charge in [-0.2, -0.15) is 0 Å². The molecule has 0 unspecified atom stereocenters. The fourth-order valence-corrected chi connectivity index (χ4v) is 2.26. The largest absolute Gasteiger partial charge is 0.493 e. The minimum absolute atomic E-state index is 0. The highest BCUT2D eigenvalue weighted by Gasteiger charge is 2.22. The molecule has 0 saturated heterocycles. The molecule has 0 spiro atoms. The van der Waals surface area contributed by atoms with Crippen LogP contribution in [0.15, 0.2) is 23.2 Å². The zero-order valence-corrected chi connectivity index (χ0v) is 14.9. The predicted octanol–water partition coefficient (Wildman–Crippen LogP) is 2.84. The number of aliphatic imine (C=N–C) groups is 1. The Morgan fingerprint density at radius 1 is 1.38 bits per heavy atom. The fourth-order valence-electron chi connectivity index (χ4n) is 2.26. The van der Waals surface area contributed by atoms with Crippen molar-refractivity contribution < 1.29 is 4.74 Å². The van der Waals surface area contributed by atoms with Crippen LogP contribution in [-0.2, 0) is 6.54 Å². The molecule has 0 amide bonds. The van der Waals surface area contributed by atoms with Crippen molar-refractivity contribution in [2.24, 2.45) is 10.9 Å². The lowest BCUT2D eigenvalue weighted by Crippen LogP contribution is -2.40. The molecule has 5 heteroatoms. The zero-order valence-electron chi connectivity index (χ0n) is 12.5. The van der Waals surface area contributed by atoms with Gasteiger partial charge in [0.15, 0.2) is 5.96 Å². The monoisotopic (exact) mass is 401 g/mol. The summed E-state index contributed by atoms with van der Waals surface area (Å²) >= 11 is 0. The standard InChI is InChI=1S/C16H23N3O.HI/c1-12-3-6-14(10-19-16-17-7-2-8-18-16)15(9-12)20-11-13-4-5-13;/h3,6,9,13H,2,4-5,7-8,10-11H2,1H3,(H2,17,18,19);1H. The number of hydrogen-bond acceptors (Lipinski definition) is 4. The van der Waals surface area contributed by atoms with Crippen molar-refractivity contribution in [1.29, 1.82) is 0 Å². The maximum atomic E-state index is 5.98. The molecular formula is C16H24IN3O. The van der Waals surface area contributed by atoms with E-state index in [9.17, 15) is 0 Å². The maximum absolute atomic E-state index is 5.98. The normalized spacial score (nSPS) is 17.3. The second-order valence-electron chi connectivity index (χ2n) is 5.73. The first-order valence-electron chi connectivity index (χ1n) is 7.56. The summed E-state index contributed by atoms with van der Waals surface area (Å²) in [7, 11) is 0. The fraction of sp³-hybridized carbons (Fsp3) is 0.562. The summed E-state index contributed by atoms with van der Waals surface area (Å²) in [6.07, 6.45) is 3.76. The summed E-state index contributed by atoms with van der Waals surface area (Å²) < 4.78 is 5.98. The van der Waals surface area contributed by atoms with E-state index in [1.807, 2.05) is 0 Å². The molecular weight excluding hydrogens is 377 g/mol. The van der Waals surface area contributed by atoms with Gasteiger partial charge in [-0.3, -0.25) is 4.99 Å². The van der Waals surface area contributed by atoms with E-state index in [1.165, 1.54) is 24.0 Å². The Morgan fingerprint density at radius 3 is 2.95 bits per heavy atom. The van der Waals surface area contributed by atoms with Gasteiger partial charge in [0, 0.05) is 25.2 Å². The Morgan fingerprint density at radius 2 is 2.24 bits per heavy atom. The van der Waals surface area contributed by atoms with Crippen molar-refractivity contribution in [3.8, 4) is 5.75 Å². The van der Waals surface area contributed by atoms with Gasteiger partial charge in [-0.1, -0.05) is 12.1 Å². The first-order valence-corrected chi connectivity index (χ1v) is 7.56. The molecule has 1 fully saturated rings. The van der Waals surface area contributed by atoms with Gasteiger partial charge in [0.25, 0.3) is 0 Å². The predicted molar refractivity (Wildman–Crippen MR) is 96.6 cm³/mol. The summed E-state index contributed by atoms with van der Waals surface area (Å²) in [6.45, 7) is 5.63. The smallest absolute Gasteiger partial charge is 0.191 e. The molecule has 4 nitrogen and oxygen atoms in total. The number of aryl methyl sites for hydroxylation is 1. The molecule has 116 valence electrons. The Hall–Kier alpha value is -0.980. The molecule has 1 heterocycles. The molecule has 0 radical (unpaired) electrons. The lowest BCUT2D eigenvalue weighted by atomic mass is 10.1. The Labute approximate surface area is 143 Å². The van der Waals surface area contributed by atoms with E-state index in [-0.39, 0.29) is 24.0 Å². The molecule has 0 atom stereocenters. The molecule has 0 aromatic heterocycles. The number of halogens is 1. The van der Waals surface area contributed by atoms with Crippen LogP contribution in [0.25, 0.3) is 0 Å². The second kappa shape index (κ2) is 7.87. The quantitative estimate of drug-likeness (QED) is 0.746. The van der Waals surface area contributed by atoms with Crippen LogP contribution >= 0.6 is 24.0 Å². The van der Waals surface area contributed by atoms with Crippen molar-refractivity contribution in [3.05, 3.63) is 29.3 Å². The summed E-state index contributed by atoms with van der Waals surface area (Å²) in [5.41, 5.74) is 2.44. The van der Waals surface area contributed by atoms with Gasteiger partial charge in [-0.05, 0) is 43.7 Å². The highest BCUT2D eigenvalue weighted by molar-refractivity contribution is 14.0. The highest BCUT2D eigenvalue weighted by atomic mass is 127. The number of guanidine groups is 1.